The molecule has 0 unspecified atom stereocenters. The zero-order valence-corrected chi connectivity index (χ0v) is 11.3. The van der Waals surface area contributed by atoms with Gasteiger partial charge in [0.05, 0.1) is 6.04 Å². The van der Waals surface area contributed by atoms with Gasteiger partial charge in [-0.15, -0.1) is 0 Å². The number of carbonyl (C=O) groups is 1. The molecule has 1 saturated heterocycles. The van der Waals surface area contributed by atoms with Gasteiger partial charge in [-0.2, -0.15) is 0 Å². The minimum absolute atomic E-state index is 0.237. The summed E-state index contributed by atoms with van der Waals surface area (Å²) in [5.41, 5.74) is 2.33. The van der Waals surface area contributed by atoms with Crippen molar-refractivity contribution in [3.8, 4) is 11.3 Å². The van der Waals surface area contributed by atoms with E-state index in [0.717, 1.165) is 42.9 Å². The van der Waals surface area contributed by atoms with Crippen LogP contribution in [0.25, 0.3) is 11.3 Å². The molecule has 0 bridgehead atoms. The third-order valence-electron chi connectivity index (χ3n) is 4.40. The summed E-state index contributed by atoms with van der Waals surface area (Å²) in [5, 5.41) is 0. The maximum Gasteiger partial charge on any atom is 0.223 e. The molecule has 20 heavy (non-hydrogen) atoms. The predicted molar refractivity (Wildman–Crippen MR) is 76.2 cm³/mol. The first-order valence-corrected chi connectivity index (χ1v) is 7.30. The van der Waals surface area contributed by atoms with Crippen molar-refractivity contribution in [3.63, 3.8) is 0 Å². The number of piperidine rings is 1. The van der Waals surface area contributed by atoms with E-state index in [1.165, 1.54) is 5.56 Å². The van der Waals surface area contributed by atoms with Crippen LogP contribution in [0, 0.1) is 0 Å². The van der Waals surface area contributed by atoms with Crippen LogP contribution in [0.3, 0.4) is 0 Å². The lowest BCUT2D eigenvalue weighted by molar-refractivity contribution is -0.137. The van der Waals surface area contributed by atoms with Gasteiger partial charge < -0.3 is 9.32 Å². The Bertz CT molecular complexity index is 644. The average Bonchev–Trinajstić information content (AvgIpc) is 2.93. The molecule has 1 fully saturated rings. The molecule has 1 atom stereocenters. The quantitative estimate of drug-likeness (QED) is 0.791. The fourth-order valence-corrected chi connectivity index (χ4v) is 3.41. The lowest BCUT2D eigenvalue weighted by atomic mass is 9.90. The molecular formula is C17H17NO2. The van der Waals surface area contributed by atoms with E-state index in [2.05, 4.69) is 18.2 Å². The van der Waals surface area contributed by atoms with Crippen molar-refractivity contribution >= 4 is 5.91 Å². The van der Waals surface area contributed by atoms with Gasteiger partial charge in [-0.05, 0) is 18.9 Å². The van der Waals surface area contributed by atoms with E-state index in [9.17, 15) is 4.79 Å². The molecule has 1 amide bonds. The molecule has 102 valence electrons. The summed E-state index contributed by atoms with van der Waals surface area (Å²) in [7, 11) is 0. The largest absolute Gasteiger partial charge is 0.461 e. The van der Waals surface area contributed by atoms with E-state index in [0.29, 0.717) is 12.3 Å². The van der Waals surface area contributed by atoms with Crippen LogP contribution >= 0.6 is 0 Å². The third-order valence-corrected chi connectivity index (χ3v) is 4.40. The van der Waals surface area contributed by atoms with E-state index in [1.54, 1.807) is 0 Å². The van der Waals surface area contributed by atoms with Crippen LogP contribution in [0.5, 0.6) is 0 Å². The second-order valence-corrected chi connectivity index (χ2v) is 5.60. The van der Waals surface area contributed by atoms with Gasteiger partial charge in [0, 0.05) is 30.5 Å². The number of amides is 1. The van der Waals surface area contributed by atoms with Gasteiger partial charge in [-0.3, -0.25) is 4.79 Å². The highest BCUT2D eigenvalue weighted by molar-refractivity contribution is 5.78. The second kappa shape index (κ2) is 4.51. The minimum atomic E-state index is 0.237. The fourth-order valence-electron chi connectivity index (χ4n) is 3.41. The fraction of sp³-hybridized carbons (Fsp3) is 0.353. The van der Waals surface area contributed by atoms with Gasteiger partial charge in [0.2, 0.25) is 5.91 Å². The number of nitrogens with zero attached hydrogens (tertiary/aromatic N) is 1. The van der Waals surface area contributed by atoms with Gasteiger partial charge in [-0.25, -0.2) is 0 Å². The van der Waals surface area contributed by atoms with E-state index in [4.69, 9.17) is 4.42 Å². The summed E-state index contributed by atoms with van der Waals surface area (Å²) in [6.45, 7) is 0.804. The molecule has 3 heterocycles. The summed E-state index contributed by atoms with van der Waals surface area (Å²) < 4.78 is 6.04. The summed E-state index contributed by atoms with van der Waals surface area (Å²) in [4.78, 5) is 14.0. The molecule has 4 rings (SSSR count). The zero-order valence-electron chi connectivity index (χ0n) is 11.3. The van der Waals surface area contributed by atoms with Gasteiger partial charge in [0.1, 0.15) is 11.5 Å². The summed E-state index contributed by atoms with van der Waals surface area (Å²) in [5.74, 6) is 2.30. The molecule has 3 heteroatoms. The number of hydrogen-bond donors (Lipinski definition) is 0. The van der Waals surface area contributed by atoms with Crippen LogP contribution in [-0.2, 0) is 11.2 Å². The Hall–Kier alpha value is -2.03. The van der Waals surface area contributed by atoms with Crippen LogP contribution in [0.15, 0.2) is 40.8 Å². The highest BCUT2D eigenvalue weighted by Crippen LogP contribution is 2.40. The van der Waals surface area contributed by atoms with Crippen LogP contribution in [0.2, 0.25) is 0 Å². The number of hydrogen-bond acceptors (Lipinski definition) is 2. The summed E-state index contributed by atoms with van der Waals surface area (Å²) in [6.07, 6.45) is 3.59. The Labute approximate surface area is 118 Å². The Morgan fingerprint density at radius 1 is 1.15 bits per heavy atom. The van der Waals surface area contributed by atoms with Crippen LogP contribution in [0.4, 0.5) is 0 Å². The van der Waals surface area contributed by atoms with E-state index in [-0.39, 0.29) is 6.04 Å². The van der Waals surface area contributed by atoms with Crippen molar-refractivity contribution in [2.24, 2.45) is 0 Å². The van der Waals surface area contributed by atoms with E-state index >= 15 is 0 Å². The highest BCUT2D eigenvalue weighted by atomic mass is 16.3. The standard InChI is InChI=1S/C17H17NO2/c19-17-8-4-7-14-13-11-16(12-5-2-1-3-6-12)20-15(13)9-10-18(14)17/h1-3,5-6,11,14H,4,7-10H2/t14-/m1/s1. The lowest BCUT2D eigenvalue weighted by Gasteiger charge is -2.38. The van der Waals surface area contributed by atoms with Gasteiger partial charge in [0.25, 0.3) is 0 Å². The first kappa shape index (κ1) is 11.8. The molecular weight excluding hydrogens is 250 g/mol. The molecule has 0 spiro atoms. The molecule has 1 aromatic heterocycles. The molecule has 2 aliphatic rings. The molecule has 3 nitrogen and oxygen atoms in total. The monoisotopic (exact) mass is 267 g/mol. The first-order valence-electron chi connectivity index (χ1n) is 7.30. The van der Waals surface area contributed by atoms with Crippen LogP contribution < -0.4 is 0 Å². The Morgan fingerprint density at radius 2 is 2.00 bits per heavy atom. The topological polar surface area (TPSA) is 33.5 Å². The minimum Gasteiger partial charge on any atom is -0.461 e. The van der Waals surface area contributed by atoms with E-state index < -0.39 is 0 Å². The molecule has 2 aromatic rings. The Morgan fingerprint density at radius 3 is 2.85 bits per heavy atom. The normalized spacial score (nSPS) is 21.5. The molecule has 0 aliphatic carbocycles. The van der Waals surface area contributed by atoms with Crippen molar-refractivity contribution in [3.05, 3.63) is 47.7 Å². The molecule has 0 N–H and O–H groups in total. The smallest absolute Gasteiger partial charge is 0.223 e. The molecule has 2 aliphatic heterocycles. The van der Waals surface area contributed by atoms with Gasteiger partial charge >= 0.3 is 0 Å². The summed E-state index contributed by atoms with van der Waals surface area (Å²) in [6, 6.07) is 12.6. The van der Waals surface area contributed by atoms with E-state index in [1.807, 2.05) is 23.1 Å². The predicted octanol–water partition coefficient (Wildman–Crippen LogP) is 3.56. The van der Waals surface area contributed by atoms with Gasteiger partial charge in [-0.1, -0.05) is 30.3 Å². The molecule has 1 aromatic carbocycles. The number of fused-ring (bicyclic) bond motifs is 3. The summed E-state index contributed by atoms with van der Waals surface area (Å²) >= 11 is 0. The maximum absolute atomic E-state index is 12.0. The number of carbonyl (C=O) groups excluding carboxylic acids is 1. The average molecular weight is 267 g/mol. The number of benzene rings is 1. The zero-order chi connectivity index (χ0) is 13.5. The third kappa shape index (κ3) is 1.77. The molecule has 0 radical (unpaired) electrons. The number of rotatable bonds is 1. The van der Waals surface area contributed by atoms with Crippen molar-refractivity contribution in [2.75, 3.05) is 6.54 Å². The molecule has 0 saturated carbocycles. The highest BCUT2D eigenvalue weighted by Gasteiger charge is 2.35. The first-order chi connectivity index (χ1) is 9.83. The van der Waals surface area contributed by atoms with Crippen molar-refractivity contribution < 1.29 is 9.21 Å². The second-order valence-electron chi connectivity index (χ2n) is 5.60. The van der Waals surface area contributed by atoms with Crippen LogP contribution in [-0.4, -0.2) is 17.4 Å². The lowest BCUT2D eigenvalue weighted by Crippen LogP contribution is -2.42. The van der Waals surface area contributed by atoms with Crippen molar-refractivity contribution in [2.45, 2.75) is 31.7 Å². The Balaban J connectivity index is 1.74. The van der Waals surface area contributed by atoms with Crippen molar-refractivity contribution in [1.82, 2.24) is 4.90 Å². The number of furan rings is 1. The maximum atomic E-state index is 12.0. The van der Waals surface area contributed by atoms with Crippen molar-refractivity contribution in [1.29, 1.82) is 0 Å². The SMILES string of the molecule is O=C1CCC[C@@H]2c3cc(-c4ccccc4)oc3CCN12. The van der Waals surface area contributed by atoms with Gasteiger partial charge in [0.15, 0.2) is 0 Å². The van der Waals surface area contributed by atoms with Crippen LogP contribution in [0.1, 0.15) is 36.6 Å². The Kier molecular flexibility index (Phi) is 2.66.